The molecule has 0 aromatic carbocycles. The van der Waals surface area contributed by atoms with Gasteiger partial charge in [-0.2, -0.15) is 0 Å². The molecule has 0 aromatic rings. The summed E-state index contributed by atoms with van der Waals surface area (Å²) in [4.78, 5) is 11.5. The second-order valence-electron chi connectivity index (χ2n) is 3.64. The van der Waals surface area contributed by atoms with Gasteiger partial charge in [-0.15, -0.1) is 0 Å². The molecule has 1 rings (SSSR count). The minimum atomic E-state index is -0.100. The van der Waals surface area contributed by atoms with Crippen LogP contribution in [0.5, 0.6) is 0 Å². The summed E-state index contributed by atoms with van der Waals surface area (Å²) in [6.07, 6.45) is 5.58. The van der Waals surface area contributed by atoms with Crippen LogP contribution in [0.3, 0.4) is 0 Å². The van der Waals surface area contributed by atoms with Crippen molar-refractivity contribution in [2.24, 2.45) is 5.92 Å². The van der Waals surface area contributed by atoms with E-state index in [1.165, 1.54) is 0 Å². The number of esters is 1. The third-order valence-corrected chi connectivity index (χ3v) is 2.37. The van der Waals surface area contributed by atoms with E-state index in [2.05, 4.69) is 5.73 Å². The van der Waals surface area contributed by atoms with Gasteiger partial charge in [0.15, 0.2) is 0 Å². The summed E-state index contributed by atoms with van der Waals surface area (Å²) >= 11 is 0. The van der Waals surface area contributed by atoms with E-state index in [9.17, 15) is 4.79 Å². The first-order chi connectivity index (χ1) is 6.13. The molecule has 1 aliphatic carbocycles. The Kier molecular flexibility index (Phi) is 3.48. The monoisotopic (exact) mass is 184 g/mol. The van der Waals surface area contributed by atoms with Gasteiger partial charge in [0.05, 0.1) is 12.0 Å². The molecular formula is C10H18NO2+. The zero-order valence-electron chi connectivity index (χ0n) is 8.32. The molecule has 0 aliphatic heterocycles. The molecule has 3 N–H and O–H groups in total. The molecule has 0 fully saturated rings. The van der Waals surface area contributed by atoms with Gasteiger partial charge >= 0.3 is 5.97 Å². The molecule has 3 heteroatoms. The predicted molar refractivity (Wildman–Crippen MR) is 49.8 cm³/mol. The number of carbonyl (C=O) groups excluding carboxylic acids is 1. The number of carbonyl (C=O) groups is 1. The van der Waals surface area contributed by atoms with Gasteiger partial charge in [-0.05, 0) is 19.4 Å². The van der Waals surface area contributed by atoms with Crippen LogP contribution in [0.1, 0.15) is 26.7 Å². The summed E-state index contributed by atoms with van der Waals surface area (Å²) in [5.74, 6) is -0.159. The summed E-state index contributed by atoms with van der Waals surface area (Å²) in [5.41, 5.74) is 3.87. The van der Waals surface area contributed by atoms with Gasteiger partial charge in [0.1, 0.15) is 6.04 Å². The van der Waals surface area contributed by atoms with Gasteiger partial charge in [0.25, 0.3) is 0 Å². The van der Waals surface area contributed by atoms with Crippen molar-refractivity contribution in [3.63, 3.8) is 0 Å². The molecule has 0 heterocycles. The van der Waals surface area contributed by atoms with Gasteiger partial charge < -0.3 is 10.5 Å². The molecular weight excluding hydrogens is 166 g/mol. The Balaban J connectivity index is 2.37. The highest BCUT2D eigenvalue weighted by atomic mass is 16.5. The molecule has 0 spiro atoms. The fraction of sp³-hybridized carbons (Fsp3) is 0.700. The van der Waals surface area contributed by atoms with Crippen LogP contribution in [0.2, 0.25) is 0 Å². The molecule has 13 heavy (non-hydrogen) atoms. The minimum absolute atomic E-state index is 0.0322. The standard InChI is InChI=1S/C10H17NO2/c1-3-7(2)13-10(12)8-4-5-9(11)6-8/h4-5,7-9H,3,6,11H2,1-2H3/p+1/t7?,8-,9+/m1/s1. The van der Waals surface area contributed by atoms with Gasteiger partial charge in [0.2, 0.25) is 0 Å². The van der Waals surface area contributed by atoms with Crippen molar-refractivity contribution < 1.29 is 15.3 Å². The van der Waals surface area contributed by atoms with Crippen molar-refractivity contribution >= 4 is 5.97 Å². The Morgan fingerprint density at radius 2 is 2.38 bits per heavy atom. The first-order valence-corrected chi connectivity index (χ1v) is 4.85. The normalized spacial score (nSPS) is 28.8. The summed E-state index contributed by atoms with van der Waals surface area (Å²) < 4.78 is 5.21. The molecule has 3 atom stereocenters. The van der Waals surface area contributed by atoms with E-state index in [-0.39, 0.29) is 24.0 Å². The number of quaternary nitrogens is 1. The van der Waals surface area contributed by atoms with E-state index >= 15 is 0 Å². The van der Waals surface area contributed by atoms with Gasteiger partial charge in [-0.25, -0.2) is 0 Å². The molecule has 1 unspecified atom stereocenters. The van der Waals surface area contributed by atoms with Crippen molar-refractivity contribution in [3.8, 4) is 0 Å². The lowest BCUT2D eigenvalue weighted by molar-refractivity contribution is -0.403. The lowest BCUT2D eigenvalue weighted by Gasteiger charge is -2.13. The van der Waals surface area contributed by atoms with Crippen LogP contribution in [-0.2, 0) is 9.53 Å². The highest BCUT2D eigenvalue weighted by Gasteiger charge is 2.26. The molecule has 0 radical (unpaired) electrons. The number of hydrogen-bond donors (Lipinski definition) is 1. The maximum absolute atomic E-state index is 11.5. The SMILES string of the molecule is CCC(C)OC(=O)[C@@H]1C=C[C@H]([NH3+])C1. The van der Waals surface area contributed by atoms with E-state index in [0.717, 1.165) is 12.8 Å². The Labute approximate surface area is 78.9 Å². The van der Waals surface area contributed by atoms with Gasteiger partial charge in [-0.3, -0.25) is 4.79 Å². The van der Waals surface area contributed by atoms with Gasteiger partial charge in [-0.1, -0.05) is 13.0 Å². The van der Waals surface area contributed by atoms with Crippen LogP contribution in [0.25, 0.3) is 0 Å². The maximum Gasteiger partial charge on any atom is 0.313 e. The molecule has 0 bridgehead atoms. The molecule has 0 amide bonds. The van der Waals surface area contributed by atoms with Gasteiger partial charge in [0, 0.05) is 6.42 Å². The molecule has 0 aromatic heterocycles. The van der Waals surface area contributed by atoms with Crippen LogP contribution >= 0.6 is 0 Å². The molecule has 3 nitrogen and oxygen atoms in total. The second-order valence-corrected chi connectivity index (χ2v) is 3.64. The van der Waals surface area contributed by atoms with Crippen molar-refractivity contribution in [3.05, 3.63) is 12.2 Å². The van der Waals surface area contributed by atoms with Crippen LogP contribution in [-0.4, -0.2) is 18.1 Å². The Morgan fingerprint density at radius 3 is 2.85 bits per heavy atom. The highest BCUT2D eigenvalue weighted by molar-refractivity contribution is 5.75. The topological polar surface area (TPSA) is 53.9 Å². The smallest absolute Gasteiger partial charge is 0.313 e. The van der Waals surface area contributed by atoms with Crippen molar-refractivity contribution in [1.82, 2.24) is 0 Å². The lowest BCUT2D eigenvalue weighted by Crippen LogP contribution is -2.59. The van der Waals surface area contributed by atoms with Crippen LogP contribution < -0.4 is 5.73 Å². The summed E-state index contributed by atoms with van der Waals surface area (Å²) in [6, 6.07) is 0.273. The Morgan fingerprint density at radius 1 is 1.69 bits per heavy atom. The fourth-order valence-electron chi connectivity index (χ4n) is 1.32. The minimum Gasteiger partial charge on any atom is -0.462 e. The number of hydrogen-bond acceptors (Lipinski definition) is 2. The van der Waals surface area contributed by atoms with Crippen molar-refractivity contribution in [2.75, 3.05) is 0 Å². The average Bonchev–Trinajstić information content (AvgIpc) is 2.51. The third kappa shape index (κ3) is 2.84. The van der Waals surface area contributed by atoms with Crippen LogP contribution in [0.4, 0.5) is 0 Å². The Bertz CT molecular complexity index is 213. The summed E-state index contributed by atoms with van der Waals surface area (Å²) in [5, 5.41) is 0. The fourth-order valence-corrected chi connectivity index (χ4v) is 1.32. The van der Waals surface area contributed by atoms with E-state index < -0.39 is 0 Å². The van der Waals surface area contributed by atoms with E-state index in [4.69, 9.17) is 4.74 Å². The molecule has 0 saturated heterocycles. The number of ether oxygens (including phenoxy) is 1. The zero-order valence-corrected chi connectivity index (χ0v) is 8.32. The lowest BCUT2D eigenvalue weighted by atomic mass is 10.1. The largest absolute Gasteiger partial charge is 0.462 e. The average molecular weight is 184 g/mol. The maximum atomic E-state index is 11.5. The molecule has 0 saturated carbocycles. The molecule has 74 valence electrons. The molecule has 1 aliphatic rings. The number of rotatable bonds is 3. The highest BCUT2D eigenvalue weighted by Crippen LogP contribution is 2.17. The first-order valence-electron chi connectivity index (χ1n) is 4.85. The van der Waals surface area contributed by atoms with Crippen LogP contribution in [0.15, 0.2) is 12.2 Å². The third-order valence-electron chi connectivity index (χ3n) is 2.37. The first kappa shape index (κ1) is 10.3. The second kappa shape index (κ2) is 4.42. The van der Waals surface area contributed by atoms with E-state index in [1.807, 2.05) is 26.0 Å². The summed E-state index contributed by atoms with van der Waals surface area (Å²) in [6.45, 7) is 3.92. The summed E-state index contributed by atoms with van der Waals surface area (Å²) in [7, 11) is 0. The Hall–Kier alpha value is -0.830. The zero-order chi connectivity index (χ0) is 9.84. The van der Waals surface area contributed by atoms with Crippen molar-refractivity contribution in [2.45, 2.75) is 38.8 Å². The van der Waals surface area contributed by atoms with Crippen molar-refractivity contribution in [1.29, 1.82) is 0 Å². The quantitative estimate of drug-likeness (QED) is 0.513. The predicted octanol–water partition coefficient (Wildman–Crippen LogP) is 0.515. The van der Waals surface area contributed by atoms with E-state index in [0.29, 0.717) is 0 Å². The van der Waals surface area contributed by atoms with Crippen LogP contribution in [0, 0.1) is 5.92 Å². The van der Waals surface area contributed by atoms with E-state index in [1.54, 1.807) is 0 Å².